The third kappa shape index (κ3) is 1.90. The van der Waals surface area contributed by atoms with Crippen LogP contribution in [0.15, 0.2) is 9.59 Å². The molecule has 0 aliphatic heterocycles. The van der Waals surface area contributed by atoms with Crippen LogP contribution in [-0.4, -0.2) is 24.4 Å². The van der Waals surface area contributed by atoms with E-state index in [0.29, 0.717) is 13.0 Å². The van der Waals surface area contributed by atoms with Crippen LogP contribution in [-0.2, 0) is 6.54 Å². The number of fused-ring (bicyclic) bond motifs is 1. The minimum Gasteiger partial charge on any atom is -0.390 e. The molecular weight excluding hydrogens is 242 g/mol. The smallest absolute Gasteiger partial charge is 0.390 e. The van der Waals surface area contributed by atoms with Crippen molar-refractivity contribution in [3.05, 3.63) is 31.0 Å². The van der Waals surface area contributed by atoms with Crippen molar-refractivity contribution in [2.75, 3.05) is 0 Å². The molecule has 2 heterocycles. The van der Waals surface area contributed by atoms with Crippen LogP contribution in [0.25, 0.3) is 11.2 Å². The number of aromatic nitrogens is 4. The van der Waals surface area contributed by atoms with E-state index in [2.05, 4.69) is 15.0 Å². The van der Waals surface area contributed by atoms with Crippen LogP contribution >= 0.6 is 0 Å². The van der Waals surface area contributed by atoms with Gasteiger partial charge < -0.3 is 10.1 Å². The number of H-pyrrole nitrogens is 2. The second-order valence-electron chi connectivity index (χ2n) is 3.78. The molecule has 96 valence electrons. The van der Waals surface area contributed by atoms with Gasteiger partial charge in [-0.05, 0) is 16.3 Å². The van der Waals surface area contributed by atoms with Crippen molar-refractivity contribution in [1.82, 2.24) is 19.5 Å². The molecule has 0 aliphatic carbocycles. The fourth-order valence-corrected chi connectivity index (χ4v) is 1.64. The molecule has 0 spiro atoms. The largest absolute Gasteiger partial charge is 0.435 e. The summed E-state index contributed by atoms with van der Waals surface area (Å²) >= 11 is 0. The number of nitrogens with zero attached hydrogens (tertiary/aromatic N) is 3. The van der Waals surface area contributed by atoms with E-state index in [4.69, 9.17) is 0 Å². The van der Waals surface area contributed by atoms with Gasteiger partial charge in [0.1, 0.15) is 0 Å². The average molecular weight is 253 g/mol. The second kappa shape index (κ2) is 4.43. The molecule has 0 saturated carbocycles. The fraction of sp³-hybridized carbons (Fsp3) is 0.444. The molecule has 0 bridgehead atoms. The molecule has 2 aromatic rings. The maximum Gasteiger partial charge on any atom is 0.435 e. The Morgan fingerprint density at radius 2 is 2.11 bits per heavy atom. The summed E-state index contributed by atoms with van der Waals surface area (Å²) in [5, 5.41) is 10.6. The number of rotatable bonds is 4. The molecule has 2 aromatic heterocycles. The minimum atomic E-state index is -0.742. The SMILES string of the molecule is CCCCn1c(=O)[nH]c(=O)c2[nH]c([N+](=O)[O-])nc21. The van der Waals surface area contributed by atoms with E-state index in [9.17, 15) is 19.7 Å². The van der Waals surface area contributed by atoms with Crippen LogP contribution in [0.3, 0.4) is 0 Å². The van der Waals surface area contributed by atoms with Gasteiger partial charge in [0.25, 0.3) is 11.2 Å². The number of hydrogen-bond donors (Lipinski definition) is 2. The highest BCUT2D eigenvalue weighted by atomic mass is 16.6. The number of aryl methyl sites for hydroxylation is 1. The highest BCUT2D eigenvalue weighted by Gasteiger charge is 2.20. The molecule has 2 rings (SSSR count). The molecule has 0 radical (unpaired) electrons. The second-order valence-corrected chi connectivity index (χ2v) is 3.78. The van der Waals surface area contributed by atoms with Crippen LogP contribution in [0.2, 0.25) is 0 Å². The summed E-state index contributed by atoms with van der Waals surface area (Å²) in [4.78, 5) is 41.1. The van der Waals surface area contributed by atoms with E-state index >= 15 is 0 Å². The first-order chi connectivity index (χ1) is 8.54. The number of nitrogens with one attached hydrogen (secondary N) is 2. The van der Waals surface area contributed by atoms with Crippen molar-refractivity contribution >= 4 is 17.1 Å². The van der Waals surface area contributed by atoms with Gasteiger partial charge in [-0.1, -0.05) is 13.3 Å². The monoisotopic (exact) mass is 253 g/mol. The van der Waals surface area contributed by atoms with Crippen molar-refractivity contribution in [3.8, 4) is 0 Å². The molecule has 0 aromatic carbocycles. The molecule has 0 atom stereocenters. The third-order valence-corrected chi connectivity index (χ3v) is 2.53. The molecule has 0 amide bonds. The van der Waals surface area contributed by atoms with Gasteiger partial charge in [0.15, 0.2) is 0 Å². The summed E-state index contributed by atoms with van der Waals surface area (Å²) in [5.74, 6) is -0.550. The molecule has 9 heteroatoms. The van der Waals surface area contributed by atoms with Crippen molar-refractivity contribution < 1.29 is 4.92 Å². The van der Waals surface area contributed by atoms with Crippen LogP contribution < -0.4 is 11.2 Å². The van der Waals surface area contributed by atoms with Gasteiger partial charge in [-0.2, -0.15) is 0 Å². The Labute approximate surface area is 99.6 Å². The van der Waals surface area contributed by atoms with E-state index in [0.717, 1.165) is 6.42 Å². The third-order valence-electron chi connectivity index (χ3n) is 2.53. The predicted octanol–water partition coefficient (Wildman–Crippen LogP) is 0.121. The lowest BCUT2D eigenvalue weighted by Gasteiger charge is -2.01. The number of unbranched alkanes of at least 4 members (excludes halogenated alkanes) is 1. The lowest BCUT2D eigenvalue weighted by molar-refractivity contribution is -0.393. The van der Waals surface area contributed by atoms with E-state index < -0.39 is 22.1 Å². The minimum absolute atomic E-state index is 0.0175. The molecular formula is C9H11N5O4. The lowest BCUT2D eigenvalue weighted by atomic mass is 10.3. The summed E-state index contributed by atoms with van der Waals surface area (Å²) in [6.07, 6.45) is 1.56. The molecule has 9 nitrogen and oxygen atoms in total. The van der Waals surface area contributed by atoms with Gasteiger partial charge in [0.05, 0.1) is 0 Å². The predicted molar refractivity (Wildman–Crippen MR) is 62.5 cm³/mol. The van der Waals surface area contributed by atoms with E-state index in [1.54, 1.807) is 0 Å². The normalized spacial score (nSPS) is 10.9. The summed E-state index contributed by atoms with van der Waals surface area (Å²) in [6.45, 7) is 2.30. The Morgan fingerprint density at radius 3 is 2.72 bits per heavy atom. The summed E-state index contributed by atoms with van der Waals surface area (Å²) in [5.41, 5.74) is -1.35. The molecule has 0 fully saturated rings. The van der Waals surface area contributed by atoms with Gasteiger partial charge >= 0.3 is 11.6 Å². The van der Waals surface area contributed by atoms with E-state index in [1.165, 1.54) is 4.57 Å². The Hall–Kier alpha value is -2.45. The first-order valence-electron chi connectivity index (χ1n) is 5.41. The maximum atomic E-state index is 11.6. The van der Waals surface area contributed by atoms with E-state index in [1.807, 2.05) is 6.92 Å². The zero-order valence-electron chi connectivity index (χ0n) is 9.60. The number of hydrogen-bond acceptors (Lipinski definition) is 5. The molecule has 0 aliphatic rings. The standard InChI is InChI=1S/C9H11N5O4/c1-2-3-4-13-6-5(7(15)12-9(13)16)10-8(11-6)14(17)18/h2-4H2,1H3,(H,10,11)(H,12,15,16). The van der Waals surface area contributed by atoms with Crippen molar-refractivity contribution in [2.24, 2.45) is 0 Å². The zero-order chi connectivity index (χ0) is 13.3. The fourth-order valence-electron chi connectivity index (χ4n) is 1.64. The lowest BCUT2D eigenvalue weighted by Crippen LogP contribution is -2.30. The van der Waals surface area contributed by atoms with Crippen LogP contribution in [0.4, 0.5) is 5.95 Å². The summed E-state index contributed by atoms with van der Waals surface area (Å²) < 4.78 is 1.23. The van der Waals surface area contributed by atoms with Crippen LogP contribution in [0, 0.1) is 10.1 Å². The Bertz CT molecular complexity index is 710. The quantitative estimate of drug-likeness (QED) is 0.591. The average Bonchev–Trinajstić information content (AvgIpc) is 2.74. The Kier molecular flexibility index (Phi) is 2.96. The molecule has 18 heavy (non-hydrogen) atoms. The van der Waals surface area contributed by atoms with Gasteiger partial charge in [-0.3, -0.25) is 14.3 Å². The Balaban J connectivity index is 2.72. The van der Waals surface area contributed by atoms with Crippen LogP contribution in [0.1, 0.15) is 19.8 Å². The molecule has 0 unspecified atom stereocenters. The van der Waals surface area contributed by atoms with Crippen molar-refractivity contribution in [3.63, 3.8) is 0 Å². The van der Waals surface area contributed by atoms with Crippen LogP contribution in [0.5, 0.6) is 0 Å². The number of aromatic amines is 2. The summed E-state index contributed by atoms with van der Waals surface area (Å²) in [7, 11) is 0. The van der Waals surface area contributed by atoms with E-state index in [-0.39, 0.29) is 11.2 Å². The van der Waals surface area contributed by atoms with Gasteiger partial charge in [-0.25, -0.2) is 9.78 Å². The van der Waals surface area contributed by atoms with Crippen molar-refractivity contribution in [2.45, 2.75) is 26.3 Å². The Morgan fingerprint density at radius 1 is 1.39 bits per heavy atom. The maximum absolute atomic E-state index is 11.6. The highest BCUT2D eigenvalue weighted by Crippen LogP contribution is 2.11. The summed E-state index contributed by atoms with van der Waals surface area (Å²) in [6, 6.07) is 0. The number of nitro groups is 1. The molecule has 2 N–H and O–H groups in total. The van der Waals surface area contributed by atoms with Gasteiger partial charge in [-0.15, -0.1) is 0 Å². The number of imidazole rings is 1. The molecule has 0 saturated heterocycles. The topological polar surface area (TPSA) is 127 Å². The van der Waals surface area contributed by atoms with Gasteiger partial charge in [0.2, 0.25) is 5.52 Å². The first-order valence-corrected chi connectivity index (χ1v) is 5.41. The highest BCUT2D eigenvalue weighted by molar-refractivity contribution is 5.71. The zero-order valence-corrected chi connectivity index (χ0v) is 9.60. The first kappa shape index (κ1) is 12.0. The van der Waals surface area contributed by atoms with Gasteiger partial charge in [0, 0.05) is 6.54 Å². The van der Waals surface area contributed by atoms with Crippen molar-refractivity contribution in [1.29, 1.82) is 0 Å².